The molecule has 0 radical (unpaired) electrons. The van der Waals surface area contributed by atoms with Crippen molar-refractivity contribution in [2.45, 2.75) is 51.5 Å². The van der Waals surface area contributed by atoms with Crippen LogP contribution in [0.3, 0.4) is 0 Å². The number of unbranched alkanes of at least 4 members (excludes halogenated alkanes) is 2. The average molecular weight is 407 g/mol. The Morgan fingerprint density at radius 3 is 2.66 bits per heavy atom. The molecule has 0 bridgehead atoms. The minimum absolute atomic E-state index is 0.112. The Labute approximate surface area is 170 Å². The molecule has 1 aromatic rings. The van der Waals surface area contributed by atoms with E-state index >= 15 is 0 Å². The predicted octanol–water partition coefficient (Wildman–Crippen LogP) is 2.89. The summed E-state index contributed by atoms with van der Waals surface area (Å²) in [5.74, 6) is -0.258. The third kappa shape index (κ3) is 6.96. The van der Waals surface area contributed by atoms with Crippen LogP contribution in [-0.4, -0.2) is 60.8 Å². The molecule has 1 fully saturated rings. The lowest BCUT2D eigenvalue weighted by Gasteiger charge is -2.24. The molecular formula is C21H29NO7. The molecule has 2 rings (SSSR count). The lowest BCUT2D eigenvalue weighted by Crippen LogP contribution is -2.38. The van der Waals surface area contributed by atoms with Crippen LogP contribution in [0.2, 0.25) is 0 Å². The predicted molar refractivity (Wildman–Crippen MR) is 105 cm³/mol. The molecule has 1 atom stereocenters. The summed E-state index contributed by atoms with van der Waals surface area (Å²) >= 11 is 0. The Morgan fingerprint density at radius 2 is 1.97 bits per heavy atom. The molecular weight excluding hydrogens is 378 g/mol. The van der Waals surface area contributed by atoms with Gasteiger partial charge in [0.05, 0.1) is 19.8 Å². The first-order valence-corrected chi connectivity index (χ1v) is 9.89. The number of hydrogen-bond acceptors (Lipinski definition) is 6. The highest BCUT2D eigenvalue weighted by atomic mass is 16.5. The van der Waals surface area contributed by atoms with E-state index < -0.39 is 5.97 Å². The highest BCUT2D eigenvalue weighted by molar-refractivity contribution is 5.95. The Kier molecular flexibility index (Phi) is 8.76. The van der Waals surface area contributed by atoms with Crippen LogP contribution in [0.4, 0.5) is 0 Å². The van der Waals surface area contributed by atoms with E-state index in [1.807, 2.05) is 0 Å². The normalized spacial score (nSPS) is 15.8. The summed E-state index contributed by atoms with van der Waals surface area (Å²) in [6, 6.07) is 4.95. The van der Waals surface area contributed by atoms with Crippen LogP contribution in [0.5, 0.6) is 11.5 Å². The Balaban J connectivity index is 1.93. The molecule has 160 valence electrons. The fraction of sp³-hybridized carbons (Fsp3) is 0.571. The Bertz CT molecular complexity index is 719. The van der Waals surface area contributed by atoms with Gasteiger partial charge in [-0.25, -0.2) is 0 Å². The molecule has 1 heterocycles. The van der Waals surface area contributed by atoms with Crippen LogP contribution in [0.1, 0.15) is 55.8 Å². The molecule has 1 amide bonds. The van der Waals surface area contributed by atoms with E-state index in [1.165, 1.54) is 14.0 Å². The van der Waals surface area contributed by atoms with Crippen molar-refractivity contribution in [2.24, 2.45) is 0 Å². The van der Waals surface area contributed by atoms with Gasteiger partial charge in [0.15, 0.2) is 11.5 Å². The van der Waals surface area contributed by atoms with Crippen molar-refractivity contribution in [3.63, 3.8) is 0 Å². The highest BCUT2D eigenvalue weighted by Gasteiger charge is 2.30. The molecule has 0 aromatic heterocycles. The quantitative estimate of drug-likeness (QED) is 0.444. The summed E-state index contributed by atoms with van der Waals surface area (Å²) < 4.78 is 16.2. The molecule has 1 unspecified atom stereocenters. The third-order valence-electron chi connectivity index (χ3n) is 4.82. The highest BCUT2D eigenvalue weighted by Crippen LogP contribution is 2.30. The van der Waals surface area contributed by atoms with Crippen LogP contribution in [0, 0.1) is 0 Å². The number of carbonyl (C=O) groups is 3. The van der Waals surface area contributed by atoms with Crippen molar-refractivity contribution in [1.29, 1.82) is 0 Å². The van der Waals surface area contributed by atoms with Crippen molar-refractivity contribution < 1.29 is 33.7 Å². The van der Waals surface area contributed by atoms with Gasteiger partial charge in [-0.2, -0.15) is 0 Å². The van der Waals surface area contributed by atoms with E-state index in [9.17, 15) is 14.4 Å². The third-order valence-corrected chi connectivity index (χ3v) is 4.82. The molecule has 1 aliphatic rings. The monoisotopic (exact) mass is 407 g/mol. The largest absolute Gasteiger partial charge is 0.493 e. The lowest BCUT2D eigenvalue weighted by molar-refractivity contribution is -0.142. The second kappa shape index (κ2) is 11.3. The molecule has 1 saturated heterocycles. The first-order chi connectivity index (χ1) is 13.9. The fourth-order valence-electron chi connectivity index (χ4n) is 3.31. The zero-order valence-corrected chi connectivity index (χ0v) is 17.0. The molecule has 0 spiro atoms. The maximum absolute atomic E-state index is 12.9. The zero-order chi connectivity index (χ0) is 21.2. The number of likely N-dealkylation sites (tertiary alicyclic amines) is 1. The van der Waals surface area contributed by atoms with Gasteiger partial charge in [-0.15, -0.1) is 0 Å². The Hall–Kier alpha value is -2.77. The van der Waals surface area contributed by atoms with E-state index in [0.717, 1.165) is 25.7 Å². The minimum atomic E-state index is -0.791. The number of ether oxygens (including phenoxy) is 3. The van der Waals surface area contributed by atoms with Crippen molar-refractivity contribution in [3.8, 4) is 11.5 Å². The smallest absolute Gasteiger partial charge is 0.303 e. The van der Waals surface area contributed by atoms with Crippen LogP contribution in [0.15, 0.2) is 18.2 Å². The van der Waals surface area contributed by atoms with E-state index in [-0.39, 0.29) is 30.9 Å². The number of hydrogen-bond donors (Lipinski definition) is 1. The fourth-order valence-corrected chi connectivity index (χ4v) is 3.31. The summed E-state index contributed by atoms with van der Waals surface area (Å²) in [5.41, 5.74) is 0.491. The van der Waals surface area contributed by atoms with Crippen molar-refractivity contribution in [1.82, 2.24) is 4.90 Å². The SMILES string of the molecule is COc1cc(C(=O)N2CCCC2COC(C)=O)ccc1OCCCCCC(=O)O. The number of carboxylic acids is 1. The Morgan fingerprint density at radius 1 is 1.17 bits per heavy atom. The summed E-state index contributed by atoms with van der Waals surface area (Å²) in [6.07, 6.45) is 3.96. The maximum atomic E-state index is 12.9. The number of rotatable bonds is 11. The summed E-state index contributed by atoms with van der Waals surface area (Å²) in [5, 5.41) is 8.64. The zero-order valence-electron chi connectivity index (χ0n) is 17.0. The number of amides is 1. The second-order valence-electron chi connectivity index (χ2n) is 7.02. The number of carbonyl (C=O) groups excluding carboxylic acids is 2. The van der Waals surface area contributed by atoms with Crippen molar-refractivity contribution in [2.75, 3.05) is 26.9 Å². The summed E-state index contributed by atoms with van der Waals surface area (Å²) in [6.45, 7) is 2.64. The van der Waals surface area contributed by atoms with Gasteiger partial charge in [-0.1, -0.05) is 0 Å². The molecule has 1 aliphatic heterocycles. The molecule has 8 nitrogen and oxygen atoms in total. The first-order valence-electron chi connectivity index (χ1n) is 9.89. The standard InChI is InChI=1S/C21H29NO7/c1-15(23)29-14-17-7-6-11-22(17)21(26)16-9-10-18(19(13-16)27-2)28-12-5-3-4-8-20(24)25/h9-10,13,17H,3-8,11-12,14H2,1-2H3,(H,24,25). The first kappa shape index (κ1) is 22.5. The van der Waals surface area contributed by atoms with Gasteiger partial charge in [0.1, 0.15) is 6.61 Å². The van der Waals surface area contributed by atoms with Gasteiger partial charge in [-0.3, -0.25) is 14.4 Å². The lowest BCUT2D eigenvalue weighted by atomic mass is 10.1. The van der Waals surface area contributed by atoms with Crippen LogP contribution >= 0.6 is 0 Å². The van der Waals surface area contributed by atoms with Gasteiger partial charge in [-0.05, 0) is 50.3 Å². The number of aliphatic carboxylic acids is 1. The number of benzene rings is 1. The number of nitrogens with zero attached hydrogens (tertiary/aromatic N) is 1. The van der Waals surface area contributed by atoms with E-state index in [0.29, 0.717) is 36.6 Å². The second-order valence-corrected chi connectivity index (χ2v) is 7.02. The van der Waals surface area contributed by atoms with E-state index in [4.69, 9.17) is 19.3 Å². The molecule has 0 saturated carbocycles. The minimum Gasteiger partial charge on any atom is -0.493 e. The van der Waals surface area contributed by atoms with Gasteiger partial charge < -0.3 is 24.2 Å². The van der Waals surface area contributed by atoms with Gasteiger partial charge in [0, 0.05) is 25.5 Å². The van der Waals surface area contributed by atoms with E-state index in [2.05, 4.69) is 0 Å². The number of carboxylic acid groups (broad SMARTS) is 1. The number of esters is 1. The van der Waals surface area contributed by atoms with Gasteiger partial charge in [0.25, 0.3) is 5.91 Å². The van der Waals surface area contributed by atoms with Gasteiger partial charge >= 0.3 is 11.9 Å². The summed E-state index contributed by atoms with van der Waals surface area (Å²) in [7, 11) is 1.52. The van der Waals surface area contributed by atoms with Crippen molar-refractivity contribution in [3.05, 3.63) is 23.8 Å². The maximum Gasteiger partial charge on any atom is 0.303 e. The molecule has 8 heteroatoms. The molecule has 0 aliphatic carbocycles. The molecule has 1 aromatic carbocycles. The molecule has 29 heavy (non-hydrogen) atoms. The topological polar surface area (TPSA) is 102 Å². The van der Waals surface area contributed by atoms with Crippen LogP contribution < -0.4 is 9.47 Å². The summed E-state index contributed by atoms with van der Waals surface area (Å²) in [4.78, 5) is 36.2. The van der Waals surface area contributed by atoms with Crippen LogP contribution in [-0.2, 0) is 14.3 Å². The number of methoxy groups -OCH3 is 1. The average Bonchev–Trinajstić information content (AvgIpc) is 3.16. The van der Waals surface area contributed by atoms with Gasteiger partial charge in [0.2, 0.25) is 0 Å². The van der Waals surface area contributed by atoms with Crippen LogP contribution in [0.25, 0.3) is 0 Å². The van der Waals surface area contributed by atoms with E-state index in [1.54, 1.807) is 23.1 Å². The molecule has 1 N–H and O–H groups in total. The van der Waals surface area contributed by atoms with Crippen molar-refractivity contribution >= 4 is 17.8 Å².